The lowest BCUT2D eigenvalue weighted by molar-refractivity contribution is -0.276. The molecule has 0 bridgehead atoms. The van der Waals surface area contributed by atoms with Gasteiger partial charge in [0.1, 0.15) is 3.70 Å². The van der Waals surface area contributed by atoms with E-state index < -0.39 is 30.4 Å². The maximum absolute atomic E-state index is 11.9. The number of nitrogens with zero attached hydrogens (tertiary/aromatic N) is 1. The van der Waals surface area contributed by atoms with Crippen molar-refractivity contribution in [1.29, 1.82) is 0 Å². The Labute approximate surface area is 106 Å². The second-order valence-electron chi connectivity index (χ2n) is 2.88. The molecule has 0 amide bonds. The van der Waals surface area contributed by atoms with Crippen molar-refractivity contribution in [3.05, 3.63) is 15.3 Å². The van der Waals surface area contributed by atoms with Crippen molar-refractivity contribution in [3.8, 4) is 11.6 Å². The normalized spacial score (nSPS) is 11.3. The number of pyridine rings is 1. The third kappa shape index (κ3) is 4.24. The van der Waals surface area contributed by atoms with E-state index in [0.717, 1.165) is 6.07 Å². The number of alkyl halides is 3. The predicted octanol–water partition coefficient (Wildman–Crippen LogP) is 1.92. The molecular weight excluding hydrogens is 358 g/mol. The van der Waals surface area contributed by atoms with Gasteiger partial charge in [0.2, 0.25) is 5.88 Å². The van der Waals surface area contributed by atoms with Crippen LogP contribution in [0.3, 0.4) is 0 Å². The van der Waals surface area contributed by atoms with Gasteiger partial charge in [-0.25, -0.2) is 4.98 Å². The van der Waals surface area contributed by atoms with Crippen LogP contribution in [0.25, 0.3) is 0 Å². The first-order valence-electron chi connectivity index (χ1n) is 4.05. The lowest BCUT2D eigenvalue weighted by atomic mass is 10.2. The molecule has 0 radical (unpaired) electrons. The Bertz CT molecular complexity index is 449. The molecule has 0 atom stereocenters. The minimum Gasteiger partial charge on any atom is -0.505 e. The first-order valence-corrected chi connectivity index (χ1v) is 5.13. The van der Waals surface area contributed by atoms with Crippen molar-refractivity contribution in [1.82, 2.24) is 4.98 Å². The van der Waals surface area contributed by atoms with Crippen LogP contribution in [0.5, 0.6) is 11.6 Å². The maximum atomic E-state index is 11.9. The van der Waals surface area contributed by atoms with Gasteiger partial charge in [-0.2, -0.15) is 0 Å². The minimum absolute atomic E-state index is 0.166. The molecule has 2 N–H and O–H groups in total. The average molecular weight is 363 g/mol. The van der Waals surface area contributed by atoms with Gasteiger partial charge >= 0.3 is 12.3 Å². The molecule has 0 saturated carbocycles. The highest BCUT2D eigenvalue weighted by molar-refractivity contribution is 14.1. The van der Waals surface area contributed by atoms with Crippen molar-refractivity contribution in [2.75, 3.05) is 0 Å². The highest BCUT2D eigenvalue weighted by atomic mass is 127. The van der Waals surface area contributed by atoms with Crippen LogP contribution in [0.15, 0.2) is 6.07 Å². The zero-order valence-electron chi connectivity index (χ0n) is 7.95. The van der Waals surface area contributed by atoms with E-state index in [0.29, 0.717) is 0 Å². The summed E-state index contributed by atoms with van der Waals surface area (Å²) >= 11 is 1.47. The van der Waals surface area contributed by atoms with E-state index in [1.165, 1.54) is 22.6 Å². The molecule has 17 heavy (non-hydrogen) atoms. The summed E-state index contributed by atoms with van der Waals surface area (Å²) in [7, 11) is 0. The Morgan fingerprint density at radius 2 is 2.12 bits per heavy atom. The standard InChI is InChI=1S/C8H5F3INO4/c9-8(10,11)17-4-1-3(2-5(14)15)6(16)7(12)13-4/h1,16H,2H2,(H,14,15). The van der Waals surface area contributed by atoms with Crippen LogP contribution in [0.2, 0.25) is 0 Å². The molecule has 0 aliphatic heterocycles. The highest BCUT2D eigenvalue weighted by Crippen LogP contribution is 2.29. The fourth-order valence-electron chi connectivity index (χ4n) is 1.00. The van der Waals surface area contributed by atoms with Gasteiger partial charge in [-0.05, 0) is 22.6 Å². The summed E-state index contributed by atoms with van der Waals surface area (Å²) in [6.07, 6.45) is -5.55. The van der Waals surface area contributed by atoms with Crippen LogP contribution >= 0.6 is 22.6 Å². The van der Waals surface area contributed by atoms with E-state index in [2.05, 4.69) is 9.72 Å². The first kappa shape index (κ1) is 13.8. The number of carboxylic acids is 1. The van der Waals surface area contributed by atoms with Gasteiger partial charge in [0.25, 0.3) is 0 Å². The lowest BCUT2D eigenvalue weighted by Gasteiger charge is -2.10. The minimum atomic E-state index is -4.92. The monoisotopic (exact) mass is 363 g/mol. The zero-order chi connectivity index (χ0) is 13.2. The topological polar surface area (TPSA) is 79.7 Å². The van der Waals surface area contributed by atoms with E-state index in [1.807, 2.05) is 0 Å². The van der Waals surface area contributed by atoms with E-state index >= 15 is 0 Å². The second-order valence-corrected chi connectivity index (χ2v) is 3.90. The van der Waals surface area contributed by atoms with E-state index in [9.17, 15) is 23.1 Å². The number of rotatable bonds is 3. The van der Waals surface area contributed by atoms with Crippen molar-refractivity contribution in [3.63, 3.8) is 0 Å². The number of aliphatic carboxylic acids is 1. The van der Waals surface area contributed by atoms with Crippen molar-refractivity contribution >= 4 is 28.6 Å². The van der Waals surface area contributed by atoms with Crippen molar-refractivity contribution in [2.45, 2.75) is 12.8 Å². The van der Waals surface area contributed by atoms with Gasteiger partial charge in [-0.3, -0.25) is 4.79 Å². The summed E-state index contributed by atoms with van der Waals surface area (Å²) < 4.78 is 39.1. The van der Waals surface area contributed by atoms with Gasteiger partial charge in [0, 0.05) is 11.6 Å². The lowest BCUT2D eigenvalue weighted by Crippen LogP contribution is -2.18. The molecule has 0 aromatic carbocycles. The molecule has 5 nitrogen and oxygen atoms in total. The number of halogens is 4. The molecule has 1 aromatic heterocycles. The Hall–Kier alpha value is -1.26. The third-order valence-corrected chi connectivity index (χ3v) is 2.32. The number of hydrogen-bond acceptors (Lipinski definition) is 4. The summed E-state index contributed by atoms with van der Waals surface area (Å²) in [6.45, 7) is 0. The summed E-state index contributed by atoms with van der Waals surface area (Å²) in [4.78, 5) is 13.8. The predicted molar refractivity (Wildman–Crippen MR) is 56.6 cm³/mol. The number of aromatic nitrogens is 1. The van der Waals surface area contributed by atoms with Gasteiger partial charge in [-0.15, -0.1) is 13.2 Å². The molecule has 9 heteroatoms. The molecule has 0 saturated heterocycles. The van der Waals surface area contributed by atoms with Crippen LogP contribution in [0.4, 0.5) is 13.2 Å². The summed E-state index contributed by atoms with van der Waals surface area (Å²) in [5.74, 6) is -2.57. The molecule has 0 aliphatic rings. The van der Waals surface area contributed by atoms with Crippen LogP contribution in [-0.4, -0.2) is 27.5 Å². The van der Waals surface area contributed by atoms with Gasteiger partial charge in [0.15, 0.2) is 5.75 Å². The second kappa shape index (κ2) is 4.94. The van der Waals surface area contributed by atoms with Crippen LogP contribution in [-0.2, 0) is 11.2 Å². The molecule has 1 rings (SSSR count). The summed E-state index contributed by atoms with van der Waals surface area (Å²) in [5.41, 5.74) is -0.198. The Balaban J connectivity index is 3.10. The molecule has 1 aromatic rings. The zero-order valence-corrected chi connectivity index (χ0v) is 10.1. The SMILES string of the molecule is O=C(O)Cc1cc(OC(F)(F)F)nc(I)c1O. The van der Waals surface area contributed by atoms with E-state index in [-0.39, 0.29) is 9.26 Å². The number of ether oxygens (including phenoxy) is 1. The molecule has 0 fully saturated rings. The molecule has 1 heterocycles. The Morgan fingerprint density at radius 3 is 2.59 bits per heavy atom. The van der Waals surface area contributed by atoms with Crippen LogP contribution in [0.1, 0.15) is 5.56 Å². The third-order valence-electron chi connectivity index (χ3n) is 1.57. The van der Waals surface area contributed by atoms with E-state index in [4.69, 9.17) is 5.11 Å². The molecule has 0 aliphatic carbocycles. The molecule has 0 spiro atoms. The average Bonchev–Trinajstić information content (AvgIpc) is 2.09. The molecule has 94 valence electrons. The Kier molecular flexibility index (Phi) is 4.01. The van der Waals surface area contributed by atoms with Gasteiger partial charge < -0.3 is 14.9 Å². The Morgan fingerprint density at radius 1 is 1.53 bits per heavy atom. The smallest absolute Gasteiger partial charge is 0.505 e. The summed E-state index contributed by atoms with van der Waals surface area (Å²) in [6, 6.07) is 0.735. The fourth-order valence-corrected chi connectivity index (χ4v) is 1.58. The highest BCUT2D eigenvalue weighted by Gasteiger charge is 2.32. The summed E-state index contributed by atoms with van der Waals surface area (Å²) in [5, 5.41) is 17.9. The number of carboxylic acid groups (broad SMARTS) is 1. The number of carbonyl (C=O) groups is 1. The fraction of sp³-hybridized carbons (Fsp3) is 0.250. The van der Waals surface area contributed by atoms with Crippen LogP contribution < -0.4 is 4.74 Å². The quantitative estimate of drug-likeness (QED) is 0.634. The molecule has 0 unspecified atom stereocenters. The van der Waals surface area contributed by atoms with Crippen LogP contribution in [0, 0.1) is 3.70 Å². The van der Waals surface area contributed by atoms with E-state index in [1.54, 1.807) is 0 Å². The van der Waals surface area contributed by atoms with Gasteiger partial charge in [-0.1, -0.05) is 0 Å². The number of hydrogen-bond donors (Lipinski definition) is 2. The number of aromatic hydroxyl groups is 1. The van der Waals surface area contributed by atoms with Gasteiger partial charge in [0.05, 0.1) is 6.42 Å². The molecular formula is C8H5F3INO4. The van der Waals surface area contributed by atoms with Crippen molar-refractivity contribution < 1.29 is 32.9 Å². The first-order chi connectivity index (χ1) is 7.69. The van der Waals surface area contributed by atoms with Crippen molar-refractivity contribution in [2.24, 2.45) is 0 Å². The largest absolute Gasteiger partial charge is 0.574 e. The maximum Gasteiger partial charge on any atom is 0.574 e.